The largest absolute Gasteiger partial charge is 0.366 e. The molecule has 2 amide bonds. The van der Waals surface area contributed by atoms with E-state index in [0.717, 1.165) is 0 Å². The number of carbonyl (C=O) groups excluding carboxylic acids is 2. The van der Waals surface area contributed by atoms with Gasteiger partial charge in [-0.15, -0.1) is 0 Å². The number of primary amides is 1. The number of nitrogens with zero attached hydrogens (tertiary/aromatic N) is 2. The van der Waals surface area contributed by atoms with Gasteiger partial charge < -0.3 is 11.1 Å². The number of hydrogen-bond acceptors (Lipinski definition) is 5. The van der Waals surface area contributed by atoms with Gasteiger partial charge >= 0.3 is 0 Å². The molecule has 112 valence electrons. The average Bonchev–Trinajstić information content (AvgIpc) is 2.52. The Hall–Kier alpha value is -3.29. The van der Waals surface area contributed by atoms with E-state index in [1.165, 1.54) is 24.4 Å². The molecule has 0 unspecified atom stereocenters. The monoisotopic (exact) mass is 300 g/mol. The molecule has 2 aromatic rings. The first-order valence-corrected chi connectivity index (χ1v) is 6.25. The van der Waals surface area contributed by atoms with Gasteiger partial charge in [0.15, 0.2) is 0 Å². The van der Waals surface area contributed by atoms with Gasteiger partial charge in [0, 0.05) is 24.4 Å². The van der Waals surface area contributed by atoms with Crippen LogP contribution >= 0.6 is 0 Å². The maximum absolute atomic E-state index is 11.9. The normalized spacial score (nSPS) is 10.0. The molecule has 8 heteroatoms. The van der Waals surface area contributed by atoms with Crippen molar-refractivity contribution in [3.8, 4) is 0 Å². The Morgan fingerprint density at radius 2 is 1.95 bits per heavy atom. The predicted octanol–water partition coefficient (Wildman–Crippen LogP) is 1.02. The maximum Gasteiger partial charge on any atom is 0.274 e. The van der Waals surface area contributed by atoms with Crippen LogP contribution in [0, 0.1) is 10.1 Å². The number of rotatable bonds is 5. The van der Waals surface area contributed by atoms with Crippen molar-refractivity contribution in [1.29, 1.82) is 0 Å². The average molecular weight is 300 g/mol. The third kappa shape index (κ3) is 3.42. The molecule has 1 aromatic carbocycles. The van der Waals surface area contributed by atoms with Gasteiger partial charge in [0.1, 0.15) is 5.69 Å². The summed E-state index contributed by atoms with van der Waals surface area (Å²) in [5.74, 6) is -1.14. The minimum Gasteiger partial charge on any atom is -0.366 e. The standard InChI is InChI=1S/C14H12N4O4/c15-13(19)10-5-6-11(16-8-10)14(20)17-7-9-3-1-2-4-12(9)18(21)22/h1-6,8H,7H2,(H2,15,19)(H,17,20). The summed E-state index contributed by atoms with van der Waals surface area (Å²) in [6, 6.07) is 8.86. The van der Waals surface area contributed by atoms with Gasteiger partial charge in [-0.3, -0.25) is 24.7 Å². The van der Waals surface area contributed by atoms with Crippen LogP contribution in [0.1, 0.15) is 26.4 Å². The Morgan fingerprint density at radius 1 is 1.23 bits per heavy atom. The fourth-order valence-electron chi connectivity index (χ4n) is 1.78. The first kappa shape index (κ1) is 15.1. The molecule has 0 aliphatic carbocycles. The second-order valence-corrected chi connectivity index (χ2v) is 4.36. The lowest BCUT2D eigenvalue weighted by molar-refractivity contribution is -0.385. The molecule has 1 aromatic heterocycles. The third-order valence-electron chi connectivity index (χ3n) is 2.91. The maximum atomic E-state index is 11.9. The predicted molar refractivity (Wildman–Crippen MR) is 77.0 cm³/mol. The zero-order chi connectivity index (χ0) is 16.1. The number of pyridine rings is 1. The lowest BCUT2D eigenvalue weighted by Crippen LogP contribution is -2.24. The molecule has 3 N–H and O–H groups in total. The van der Waals surface area contributed by atoms with Crippen molar-refractivity contribution in [3.63, 3.8) is 0 Å². The Bertz CT molecular complexity index is 728. The Morgan fingerprint density at radius 3 is 2.55 bits per heavy atom. The van der Waals surface area contributed by atoms with E-state index in [-0.39, 0.29) is 23.5 Å². The number of hydrogen-bond donors (Lipinski definition) is 2. The number of nitro groups is 1. The van der Waals surface area contributed by atoms with Crippen molar-refractivity contribution in [2.75, 3.05) is 0 Å². The molecule has 0 fully saturated rings. The van der Waals surface area contributed by atoms with Crippen LogP contribution in [-0.4, -0.2) is 21.7 Å². The van der Waals surface area contributed by atoms with Gasteiger partial charge in [0.2, 0.25) is 5.91 Å². The molecule has 0 spiro atoms. The highest BCUT2D eigenvalue weighted by atomic mass is 16.6. The smallest absolute Gasteiger partial charge is 0.274 e. The zero-order valence-corrected chi connectivity index (χ0v) is 11.4. The van der Waals surface area contributed by atoms with E-state index in [4.69, 9.17) is 5.73 Å². The van der Waals surface area contributed by atoms with E-state index in [1.54, 1.807) is 18.2 Å². The first-order chi connectivity index (χ1) is 10.5. The molecule has 1 heterocycles. The summed E-state index contributed by atoms with van der Waals surface area (Å²) in [6.07, 6.45) is 1.20. The number of nitro benzene ring substituents is 1. The number of nitrogens with two attached hydrogens (primary N) is 1. The molecule has 0 saturated heterocycles. The quantitative estimate of drug-likeness (QED) is 0.629. The zero-order valence-electron chi connectivity index (χ0n) is 11.4. The molecular weight excluding hydrogens is 288 g/mol. The third-order valence-corrected chi connectivity index (χ3v) is 2.91. The number of benzene rings is 1. The van der Waals surface area contributed by atoms with Gasteiger partial charge in [-0.05, 0) is 12.1 Å². The molecule has 0 saturated carbocycles. The van der Waals surface area contributed by atoms with Crippen molar-refractivity contribution < 1.29 is 14.5 Å². The minimum absolute atomic E-state index is 0.00472. The molecule has 0 atom stereocenters. The molecule has 2 rings (SSSR count). The van der Waals surface area contributed by atoms with E-state index >= 15 is 0 Å². The fourth-order valence-corrected chi connectivity index (χ4v) is 1.78. The number of amides is 2. The van der Waals surface area contributed by atoms with Crippen LogP contribution in [-0.2, 0) is 6.54 Å². The van der Waals surface area contributed by atoms with Crippen molar-refractivity contribution in [1.82, 2.24) is 10.3 Å². The first-order valence-electron chi connectivity index (χ1n) is 6.25. The molecule has 0 bridgehead atoms. The highest BCUT2D eigenvalue weighted by molar-refractivity contribution is 5.95. The van der Waals surface area contributed by atoms with Crippen LogP contribution in [0.25, 0.3) is 0 Å². The summed E-state index contributed by atoms with van der Waals surface area (Å²) >= 11 is 0. The minimum atomic E-state index is -0.639. The van der Waals surface area contributed by atoms with E-state index in [2.05, 4.69) is 10.3 Å². The van der Waals surface area contributed by atoms with Crippen LogP contribution in [0.3, 0.4) is 0 Å². The van der Waals surface area contributed by atoms with Crippen LogP contribution in [0.15, 0.2) is 42.6 Å². The highest BCUT2D eigenvalue weighted by Crippen LogP contribution is 2.17. The Balaban J connectivity index is 2.07. The van der Waals surface area contributed by atoms with Crippen LogP contribution in [0.2, 0.25) is 0 Å². The topological polar surface area (TPSA) is 128 Å². The van der Waals surface area contributed by atoms with Crippen molar-refractivity contribution >= 4 is 17.5 Å². The van der Waals surface area contributed by atoms with Crippen LogP contribution < -0.4 is 11.1 Å². The number of nitrogens with one attached hydrogen (secondary N) is 1. The number of aromatic nitrogens is 1. The summed E-state index contributed by atoms with van der Waals surface area (Å²) in [5, 5.41) is 13.4. The second kappa shape index (κ2) is 6.44. The van der Waals surface area contributed by atoms with Gasteiger partial charge in [-0.25, -0.2) is 0 Å². The lowest BCUT2D eigenvalue weighted by atomic mass is 10.2. The Labute approximate surface area is 125 Å². The second-order valence-electron chi connectivity index (χ2n) is 4.36. The fraction of sp³-hybridized carbons (Fsp3) is 0.0714. The van der Waals surface area contributed by atoms with Crippen LogP contribution in [0.4, 0.5) is 5.69 Å². The van der Waals surface area contributed by atoms with E-state index < -0.39 is 16.7 Å². The van der Waals surface area contributed by atoms with Gasteiger partial charge in [0.05, 0.1) is 10.5 Å². The van der Waals surface area contributed by atoms with Crippen molar-refractivity contribution in [3.05, 3.63) is 69.5 Å². The molecular formula is C14H12N4O4. The van der Waals surface area contributed by atoms with Crippen LogP contribution in [0.5, 0.6) is 0 Å². The number of carbonyl (C=O) groups is 2. The van der Waals surface area contributed by atoms with E-state index in [1.807, 2.05) is 0 Å². The lowest BCUT2D eigenvalue weighted by Gasteiger charge is -2.06. The molecule has 8 nitrogen and oxygen atoms in total. The number of para-hydroxylation sites is 1. The summed E-state index contributed by atoms with van der Waals surface area (Å²) < 4.78 is 0. The Kier molecular flexibility index (Phi) is 4.42. The molecule has 0 aliphatic heterocycles. The van der Waals surface area contributed by atoms with E-state index in [9.17, 15) is 19.7 Å². The SMILES string of the molecule is NC(=O)c1ccc(C(=O)NCc2ccccc2[N+](=O)[O-])nc1. The highest BCUT2D eigenvalue weighted by Gasteiger charge is 2.14. The summed E-state index contributed by atoms with van der Waals surface area (Å²) in [5.41, 5.74) is 5.67. The van der Waals surface area contributed by atoms with Gasteiger partial charge in [-0.1, -0.05) is 18.2 Å². The van der Waals surface area contributed by atoms with Gasteiger partial charge in [-0.2, -0.15) is 0 Å². The molecule has 22 heavy (non-hydrogen) atoms. The van der Waals surface area contributed by atoms with E-state index in [0.29, 0.717) is 5.56 Å². The summed E-state index contributed by atoms with van der Waals surface area (Å²) in [7, 11) is 0. The summed E-state index contributed by atoms with van der Waals surface area (Å²) in [4.78, 5) is 37.0. The van der Waals surface area contributed by atoms with Gasteiger partial charge in [0.25, 0.3) is 11.6 Å². The molecule has 0 aliphatic rings. The van der Waals surface area contributed by atoms with Crippen molar-refractivity contribution in [2.24, 2.45) is 5.73 Å². The summed E-state index contributed by atoms with van der Waals surface area (Å²) in [6.45, 7) is -0.00472. The van der Waals surface area contributed by atoms with Crippen molar-refractivity contribution in [2.45, 2.75) is 6.54 Å². The molecule has 0 radical (unpaired) electrons.